The van der Waals surface area contributed by atoms with Gasteiger partial charge in [-0.25, -0.2) is 8.78 Å². The number of piperidine rings is 1. The van der Waals surface area contributed by atoms with Gasteiger partial charge in [0.25, 0.3) is 11.8 Å². The molecule has 3 aliphatic rings. The first-order chi connectivity index (χ1) is 14.4. The van der Waals surface area contributed by atoms with E-state index in [-0.39, 0.29) is 31.6 Å². The van der Waals surface area contributed by atoms with Crippen molar-refractivity contribution in [2.45, 2.75) is 56.7 Å². The molecule has 1 amide bonds. The Morgan fingerprint density at radius 1 is 1.17 bits per heavy atom. The van der Waals surface area contributed by atoms with Crippen LogP contribution in [0, 0.1) is 0 Å². The van der Waals surface area contributed by atoms with Crippen molar-refractivity contribution in [1.82, 2.24) is 9.80 Å². The van der Waals surface area contributed by atoms with Crippen molar-refractivity contribution >= 4 is 16.7 Å². The van der Waals surface area contributed by atoms with E-state index in [1.165, 1.54) is 0 Å². The standard InChI is InChI=1S/C23H26F2N2O3/c24-23(25)9-4-10-26(13-23)12-15-11-18-21(17-6-2-1-5-16(15)17)30-14-27(22(18)29)19-7-3-8-20(19)28/h1-2,5-6,11,19-20,28H,3-4,7-10,12-14H2/t19-,20-/m0/s1. The topological polar surface area (TPSA) is 53.0 Å². The SMILES string of the molecule is O=C1c2cc(CN3CCCC(F)(F)C3)c3ccccc3c2OCN1[C@H]1CCC[C@@H]1O. The molecule has 2 aliphatic heterocycles. The van der Waals surface area contributed by atoms with Crippen molar-refractivity contribution in [2.24, 2.45) is 0 Å². The molecule has 2 aromatic rings. The Kier molecular flexibility index (Phi) is 4.90. The van der Waals surface area contributed by atoms with Crippen LogP contribution in [0.5, 0.6) is 5.75 Å². The van der Waals surface area contributed by atoms with Crippen LogP contribution in [0.25, 0.3) is 10.8 Å². The predicted molar refractivity (Wildman–Crippen MR) is 109 cm³/mol. The number of hydrogen-bond acceptors (Lipinski definition) is 4. The van der Waals surface area contributed by atoms with Gasteiger partial charge in [-0.15, -0.1) is 0 Å². The lowest BCUT2D eigenvalue weighted by Crippen LogP contribution is -2.48. The summed E-state index contributed by atoms with van der Waals surface area (Å²) >= 11 is 0. The number of fused-ring (bicyclic) bond motifs is 3. The van der Waals surface area contributed by atoms with E-state index in [0.717, 1.165) is 29.2 Å². The molecule has 1 saturated heterocycles. The molecule has 7 heteroatoms. The maximum absolute atomic E-state index is 13.9. The number of aliphatic hydroxyl groups excluding tert-OH is 1. The van der Waals surface area contributed by atoms with Gasteiger partial charge in [0, 0.05) is 18.4 Å². The van der Waals surface area contributed by atoms with Crippen molar-refractivity contribution in [3.05, 3.63) is 41.5 Å². The Morgan fingerprint density at radius 2 is 1.97 bits per heavy atom. The molecule has 1 aliphatic carbocycles. The summed E-state index contributed by atoms with van der Waals surface area (Å²) in [4.78, 5) is 16.7. The first-order valence-corrected chi connectivity index (χ1v) is 10.7. The van der Waals surface area contributed by atoms with Crippen LogP contribution >= 0.6 is 0 Å². The average molecular weight is 416 g/mol. The molecule has 5 rings (SSSR count). The van der Waals surface area contributed by atoms with E-state index in [1.807, 2.05) is 24.3 Å². The Bertz CT molecular complexity index is 980. The van der Waals surface area contributed by atoms with Crippen LogP contribution in [0.15, 0.2) is 30.3 Å². The molecule has 2 fully saturated rings. The molecule has 160 valence electrons. The lowest BCUT2D eigenvalue weighted by atomic mass is 9.96. The number of alkyl halides is 2. The van der Waals surface area contributed by atoms with Crippen molar-refractivity contribution < 1.29 is 23.4 Å². The predicted octanol–water partition coefficient (Wildman–Crippen LogP) is 3.78. The molecule has 0 bridgehead atoms. The number of ether oxygens (including phenoxy) is 1. The number of halogens is 2. The van der Waals surface area contributed by atoms with Gasteiger partial charge >= 0.3 is 0 Å². The van der Waals surface area contributed by atoms with Crippen LogP contribution in [-0.4, -0.2) is 58.7 Å². The molecule has 0 unspecified atom stereocenters. The second-order valence-corrected chi connectivity index (χ2v) is 8.74. The molecular formula is C23H26F2N2O3. The van der Waals surface area contributed by atoms with Crippen LogP contribution in [0.4, 0.5) is 8.78 Å². The third-order valence-electron chi connectivity index (χ3n) is 6.63. The van der Waals surface area contributed by atoms with Gasteiger partial charge in [0.15, 0.2) is 6.73 Å². The van der Waals surface area contributed by atoms with Gasteiger partial charge in [0.1, 0.15) is 5.75 Å². The third kappa shape index (κ3) is 3.44. The molecule has 2 aromatic carbocycles. The quantitative estimate of drug-likeness (QED) is 0.828. The summed E-state index contributed by atoms with van der Waals surface area (Å²) in [5.74, 6) is -2.28. The summed E-state index contributed by atoms with van der Waals surface area (Å²) < 4.78 is 33.9. The van der Waals surface area contributed by atoms with E-state index < -0.39 is 12.0 Å². The smallest absolute Gasteiger partial charge is 0.260 e. The molecule has 1 saturated carbocycles. The molecule has 0 radical (unpaired) electrons. The monoisotopic (exact) mass is 416 g/mol. The van der Waals surface area contributed by atoms with Crippen molar-refractivity contribution in [3.8, 4) is 5.75 Å². The summed E-state index contributed by atoms with van der Waals surface area (Å²) in [5.41, 5.74) is 1.31. The van der Waals surface area contributed by atoms with E-state index in [9.17, 15) is 18.7 Å². The molecule has 1 N–H and O–H groups in total. The number of hydrogen-bond donors (Lipinski definition) is 1. The Hall–Kier alpha value is -2.25. The van der Waals surface area contributed by atoms with Crippen LogP contribution in [0.1, 0.15) is 48.0 Å². The fourth-order valence-corrected chi connectivity index (χ4v) is 5.17. The Labute approximate surface area is 174 Å². The Balaban J connectivity index is 1.52. The fourth-order valence-electron chi connectivity index (χ4n) is 5.17. The average Bonchev–Trinajstić information content (AvgIpc) is 3.14. The lowest BCUT2D eigenvalue weighted by Gasteiger charge is -2.36. The number of amides is 1. The summed E-state index contributed by atoms with van der Waals surface area (Å²) in [7, 11) is 0. The normalized spacial score (nSPS) is 26.6. The van der Waals surface area contributed by atoms with Crippen molar-refractivity contribution in [1.29, 1.82) is 0 Å². The van der Waals surface area contributed by atoms with Gasteiger partial charge in [-0.1, -0.05) is 24.3 Å². The zero-order valence-corrected chi connectivity index (χ0v) is 16.8. The highest BCUT2D eigenvalue weighted by Gasteiger charge is 2.39. The highest BCUT2D eigenvalue weighted by molar-refractivity contribution is 6.06. The van der Waals surface area contributed by atoms with Gasteiger partial charge < -0.3 is 9.84 Å². The highest BCUT2D eigenvalue weighted by Crippen LogP contribution is 2.39. The van der Waals surface area contributed by atoms with Crippen molar-refractivity contribution in [3.63, 3.8) is 0 Å². The van der Waals surface area contributed by atoms with E-state index in [1.54, 1.807) is 15.9 Å². The number of carbonyl (C=O) groups is 1. The van der Waals surface area contributed by atoms with Crippen LogP contribution in [-0.2, 0) is 6.54 Å². The van der Waals surface area contributed by atoms with Gasteiger partial charge in [-0.05, 0) is 49.2 Å². The second-order valence-electron chi connectivity index (χ2n) is 8.74. The summed E-state index contributed by atoms with van der Waals surface area (Å²) in [6.45, 7) is 0.840. The Morgan fingerprint density at radius 3 is 2.70 bits per heavy atom. The maximum atomic E-state index is 13.9. The first-order valence-electron chi connectivity index (χ1n) is 10.7. The fraction of sp³-hybridized carbons (Fsp3) is 0.522. The molecule has 30 heavy (non-hydrogen) atoms. The van der Waals surface area contributed by atoms with E-state index in [0.29, 0.717) is 37.2 Å². The largest absolute Gasteiger partial charge is 0.472 e. The summed E-state index contributed by atoms with van der Waals surface area (Å²) in [6.07, 6.45) is 2.19. The van der Waals surface area contributed by atoms with Gasteiger partial charge in [0.2, 0.25) is 0 Å². The van der Waals surface area contributed by atoms with Gasteiger partial charge in [-0.2, -0.15) is 0 Å². The number of nitrogens with zero attached hydrogens (tertiary/aromatic N) is 2. The number of carbonyl (C=O) groups excluding carboxylic acids is 1. The number of aliphatic hydroxyl groups is 1. The van der Waals surface area contributed by atoms with Crippen LogP contribution < -0.4 is 4.74 Å². The lowest BCUT2D eigenvalue weighted by molar-refractivity contribution is -0.0660. The highest BCUT2D eigenvalue weighted by atomic mass is 19.3. The molecule has 2 atom stereocenters. The molecule has 5 nitrogen and oxygen atoms in total. The van der Waals surface area contributed by atoms with Gasteiger partial charge in [0.05, 0.1) is 24.3 Å². The summed E-state index contributed by atoms with van der Waals surface area (Å²) in [5, 5.41) is 12.0. The minimum Gasteiger partial charge on any atom is -0.472 e. The molecule has 0 aromatic heterocycles. The van der Waals surface area contributed by atoms with Crippen LogP contribution in [0.3, 0.4) is 0 Å². The van der Waals surface area contributed by atoms with Crippen LogP contribution in [0.2, 0.25) is 0 Å². The maximum Gasteiger partial charge on any atom is 0.260 e. The number of benzene rings is 2. The summed E-state index contributed by atoms with van der Waals surface area (Å²) in [6, 6.07) is 9.24. The third-order valence-corrected chi connectivity index (χ3v) is 6.63. The number of rotatable bonds is 3. The van der Waals surface area contributed by atoms with E-state index in [4.69, 9.17) is 4.74 Å². The van der Waals surface area contributed by atoms with Crippen molar-refractivity contribution in [2.75, 3.05) is 19.8 Å². The molecule has 2 heterocycles. The zero-order valence-electron chi connectivity index (χ0n) is 16.8. The van der Waals surface area contributed by atoms with Gasteiger partial charge in [-0.3, -0.25) is 14.6 Å². The number of likely N-dealkylation sites (tertiary alicyclic amines) is 1. The second kappa shape index (κ2) is 7.46. The van der Waals surface area contributed by atoms with E-state index in [2.05, 4.69) is 0 Å². The van der Waals surface area contributed by atoms with E-state index >= 15 is 0 Å². The first kappa shape index (κ1) is 19.7. The zero-order chi connectivity index (χ0) is 20.9. The minimum absolute atomic E-state index is 0.0700. The minimum atomic E-state index is -2.67. The molecular weight excluding hydrogens is 390 g/mol. The molecule has 0 spiro atoms.